The summed E-state index contributed by atoms with van der Waals surface area (Å²) in [4.78, 5) is 0. The van der Waals surface area contributed by atoms with Crippen LogP contribution in [0.1, 0.15) is 37.8 Å². The molecule has 19 heavy (non-hydrogen) atoms. The van der Waals surface area contributed by atoms with Crippen molar-refractivity contribution in [3.8, 4) is 5.75 Å². The van der Waals surface area contributed by atoms with Gasteiger partial charge in [-0.25, -0.2) is 0 Å². The van der Waals surface area contributed by atoms with E-state index in [1.165, 1.54) is 11.1 Å². The van der Waals surface area contributed by atoms with Crippen LogP contribution in [0.5, 0.6) is 5.75 Å². The van der Waals surface area contributed by atoms with Crippen LogP contribution in [0, 0.1) is 13.8 Å². The zero-order valence-corrected chi connectivity index (χ0v) is 12.6. The van der Waals surface area contributed by atoms with E-state index < -0.39 is 0 Å². The van der Waals surface area contributed by atoms with Crippen molar-refractivity contribution in [1.82, 2.24) is 5.32 Å². The van der Waals surface area contributed by atoms with Crippen molar-refractivity contribution in [2.24, 2.45) is 0 Å². The Labute approximate surface area is 117 Å². The average Bonchev–Trinajstić information content (AvgIpc) is 2.41. The predicted octanol–water partition coefficient (Wildman–Crippen LogP) is 2.82. The van der Waals surface area contributed by atoms with Crippen LogP contribution >= 0.6 is 0 Å². The third-order valence-electron chi connectivity index (χ3n) is 3.62. The molecule has 2 N–H and O–H groups in total. The van der Waals surface area contributed by atoms with E-state index in [0.717, 1.165) is 25.1 Å². The first-order chi connectivity index (χ1) is 9.02. The highest BCUT2D eigenvalue weighted by molar-refractivity contribution is 5.38. The van der Waals surface area contributed by atoms with Crippen molar-refractivity contribution in [1.29, 1.82) is 0 Å². The lowest BCUT2D eigenvalue weighted by Gasteiger charge is -2.29. The lowest BCUT2D eigenvalue weighted by atomic mass is 9.99. The Morgan fingerprint density at radius 1 is 1.32 bits per heavy atom. The maximum absolute atomic E-state index is 9.49. The minimum Gasteiger partial charge on any atom is -0.493 e. The van der Waals surface area contributed by atoms with E-state index in [1.807, 2.05) is 19.1 Å². The third kappa shape index (κ3) is 4.84. The quantitative estimate of drug-likeness (QED) is 0.759. The second kappa shape index (κ2) is 7.51. The second-order valence-electron chi connectivity index (χ2n) is 5.44. The highest BCUT2D eigenvalue weighted by Gasteiger charge is 2.22. The number of hydrogen-bond acceptors (Lipinski definition) is 3. The van der Waals surface area contributed by atoms with Gasteiger partial charge >= 0.3 is 0 Å². The van der Waals surface area contributed by atoms with Gasteiger partial charge in [0.2, 0.25) is 0 Å². The van der Waals surface area contributed by atoms with Gasteiger partial charge in [-0.05, 0) is 50.9 Å². The summed E-state index contributed by atoms with van der Waals surface area (Å²) in [5.74, 6) is 0.941. The predicted molar refractivity (Wildman–Crippen MR) is 79.8 cm³/mol. The molecule has 1 aromatic carbocycles. The van der Waals surface area contributed by atoms with Gasteiger partial charge in [0, 0.05) is 12.0 Å². The van der Waals surface area contributed by atoms with Gasteiger partial charge in [-0.2, -0.15) is 0 Å². The molecule has 0 amide bonds. The molecule has 3 heteroatoms. The molecule has 0 heterocycles. The van der Waals surface area contributed by atoms with Crippen LogP contribution in [0.4, 0.5) is 0 Å². The first-order valence-corrected chi connectivity index (χ1v) is 7.07. The molecule has 3 nitrogen and oxygen atoms in total. The Morgan fingerprint density at radius 2 is 2.05 bits per heavy atom. The van der Waals surface area contributed by atoms with Crippen molar-refractivity contribution >= 4 is 0 Å². The summed E-state index contributed by atoms with van der Waals surface area (Å²) in [5.41, 5.74) is 2.18. The Bertz CT molecular complexity index is 392. The molecule has 0 spiro atoms. The Morgan fingerprint density at radius 3 is 2.68 bits per heavy atom. The average molecular weight is 265 g/mol. The number of benzene rings is 1. The van der Waals surface area contributed by atoms with E-state index in [2.05, 4.69) is 32.2 Å². The van der Waals surface area contributed by atoms with Gasteiger partial charge in [-0.15, -0.1) is 0 Å². The van der Waals surface area contributed by atoms with Crippen LogP contribution in [-0.2, 0) is 0 Å². The Hall–Kier alpha value is -1.06. The number of rotatable bonds is 8. The van der Waals surface area contributed by atoms with E-state index in [9.17, 15) is 5.11 Å². The van der Waals surface area contributed by atoms with E-state index in [1.54, 1.807) is 0 Å². The molecule has 0 fully saturated rings. The van der Waals surface area contributed by atoms with Gasteiger partial charge in [0.1, 0.15) is 5.75 Å². The molecule has 0 saturated heterocycles. The highest BCUT2D eigenvalue weighted by Crippen LogP contribution is 2.21. The van der Waals surface area contributed by atoms with Crippen molar-refractivity contribution in [3.63, 3.8) is 0 Å². The molecular formula is C16H27NO2. The smallest absolute Gasteiger partial charge is 0.122 e. The molecule has 0 aliphatic rings. The summed E-state index contributed by atoms with van der Waals surface area (Å²) in [6.45, 7) is 9.97. The summed E-state index contributed by atoms with van der Waals surface area (Å²) in [7, 11) is 0. The number of hydrogen-bond donors (Lipinski definition) is 2. The summed E-state index contributed by atoms with van der Waals surface area (Å²) < 4.78 is 5.84. The van der Waals surface area contributed by atoms with Crippen LogP contribution < -0.4 is 10.1 Å². The highest BCUT2D eigenvalue weighted by atomic mass is 16.5. The fourth-order valence-electron chi connectivity index (χ4n) is 1.92. The van der Waals surface area contributed by atoms with Crippen molar-refractivity contribution in [2.45, 2.75) is 46.1 Å². The molecule has 0 saturated carbocycles. The molecule has 0 bridgehead atoms. The fourth-order valence-corrected chi connectivity index (χ4v) is 1.92. The molecule has 0 aromatic heterocycles. The van der Waals surface area contributed by atoms with Crippen LogP contribution in [0.2, 0.25) is 0 Å². The number of ether oxygens (including phenoxy) is 1. The minimum atomic E-state index is -0.256. The molecule has 108 valence electrons. The Kier molecular flexibility index (Phi) is 6.32. The number of nitrogens with one attached hydrogen (secondary N) is 1. The van der Waals surface area contributed by atoms with E-state index >= 15 is 0 Å². The first kappa shape index (κ1) is 16.0. The normalized spacial score (nSPS) is 14.2. The zero-order chi connectivity index (χ0) is 14.3. The molecule has 1 unspecified atom stereocenters. The molecule has 1 aromatic rings. The van der Waals surface area contributed by atoms with Crippen LogP contribution in [0.25, 0.3) is 0 Å². The van der Waals surface area contributed by atoms with Crippen molar-refractivity contribution in [2.75, 3.05) is 19.8 Å². The monoisotopic (exact) mass is 265 g/mol. The standard InChI is InChI=1S/C16H27NO2/c1-5-10-17-16(4,12-18)9-11-19-15-8-6-7-13(2)14(15)3/h6-8,17-18H,5,9-12H2,1-4H3. The molecule has 1 atom stereocenters. The molecule has 1 rings (SSSR count). The molecule has 0 aliphatic heterocycles. The van der Waals surface area contributed by atoms with E-state index in [0.29, 0.717) is 6.61 Å². The lowest BCUT2D eigenvalue weighted by Crippen LogP contribution is -2.47. The van der Waals surface area contributed by atoms with Gasteiger partial charge in [-0.1, -0.05) is 19.1 Å². The first-order valence-electron chi connectivity index (χ1n) is 7.07. The van der Waals surface area contributed by atoms with Crippen LogP contribution in [-0.4, -0.2) is 30.4 Å². The Balaban J connectivity index is 2.50. The second-order valence-corrected chi connectivity index (χ2v) is 5.44. The van der Waals surface area contributed by atoms with Gasteiger partial charge in [0.05, 0.1) is 13.2 Å². The van der Waals surface area contributed by atoms with Crippen LogP contribution in [0.15, 0.2) is 18.2 Å². The largest absolute Gasteiger partial charge is 0.493 e. The van der Waals surface area contributed by atoms with E-state index in [4.69, 9.17) is 4.74 Å². The number of aryl methyl sites for hydroxylation is 1. The van der Waals surface area contributed by atoms with Crippen LogP contribution in [0.3, 0.4) is 0 Å². The van der Waals surface area contributed by atoms with Gasteiger partial charge in [0.25, 0.3) is 0 Å². The van der Waals surface area contributed by atoms with Gasteiger partial charge in [0.15, 0.2) is 0 Å². The lowest BCUT2D eigenvalue weighted by molar-refractivity contribution is 0.144. The van der Waals surface area contributed by atoms with Gasteiger partial charge in [-0.3, -0.25) is 0 Å². The summed E-state index contributed by atoms with van der Waals surface area (Å²) in [6, 6.07) is 6.10. The van der Waals surface area contributed by atoms with Crippen molar-refractivity contribution < 1.29 is 9.84 Å². The van der Waals surface area contributed by atoms with Gasteiger partial charge < -0.3 is 15.2 Å². The summed E-state index contributed by atoms with van der Waals surface area (Å²) >= 11 is 0. The summed E-state index contributed by atoms with van der Waals surface area (Å²) in [6.07, 6.45) is 1.85. The topological polar surface area (TPSA) is 41.5 Å². The summed E-state index contributed by atoms with van der Waals surface area (Å²) in [5, 5.41) is 12.9. The number of aliphatic hydroxyl groups excluding tert-OH is 1. The SMILES string of the molecule is CCCNC(C)(CO)CCOc1cccc(C)c1C. The third-order valence-corrected chi connectivity index (χ3v) is 3.62. The molecular weight excluding hydrogens is 238 g/mol. The minimum absolute atomic E-state index is 0.128. The van der Waals surface area contributed by atoms with E-state index in [-0.39, 0.29) is 12.1 Å². The molecule has 0 radical (unpaired) electrons. The maximum Gasteiger partial charge on any atom is 0.122 e. The molecule has 0 aliphatic carbocycles. The fraction of sp³-hybridized carbons (Fsp3) is 0.625. The zero-order valence-electron chi connectivity index (χ0n) is 12.6. The number of aliphatic hydroxyl groups is 1. The maximum atomic E-state index is 9.49. The van der Waals surface area contributed by atoms with Crippen molar-refractivity contribution in [3.05, 3.63) is 29.3 Å².